The van der Waals surface area contributed by atoms with Crippen LogP contribution in [0.25, 0.3) is 0 Å². The Kier molecular flexibility index (Phi) is 9.32. The smallest absolute Gasteiger partial charge is 0.228 e. The SMILES string of the molecule is COCC1(C(=O)NCCSc2ccc(Cl)cc2)CCNCC1.Cl. The van der Waals surface area contributed by atoms with Crippen LogP contribution < -0.4 is 10.6 Å². The third-order valence-corrected chi connectivity index (χ3v) is 5.20. The van der Waals surface area contributed by atoms with Crippen LogP contribution >= 0.6 is 35.8 Å². The molecule has 0 aliphatic carbocycles. The average molecular weight is 379 g/mol. The molecule has 0 radical (unpaired) electrons. The number of benzene rings is 1. The lowest BCUT2D eigenvalue weighted by Gasteiger charge is -2.35. The van der Waals surface area contributed by atoms with Gasteiger partial charge in [0.2, 0.25) is 5.91 Å². The Morgan fingerprint density at radius 1 is 1.35 bits per heavy atom. The summed E-state index contributed by atoms with van der Waals surface area (Å²) in [4.78, 5) is 13.7. The predicted molar refractivity (Wildman–Crippen MR) is 98.8 cm³/mol. The summed E-state index contributed by atoms with van der Waals surface area (Å²) in [6.07, 6.45) is 1.66. The number of piperidine rings is 1. The van der Waals surface area contributed by atoms with E-state index in [-0.39, 0.29) is 23.7 Å². The van der Waals surface area contributed by atoms with E-state index >= 15 is 0 Å². The van der Waals surface area contributed by atoms with Gasteiger partial charge < -0.3 is 15.4 Å². The number of methoxy groups -OCH3 is 1. The van der Waals surface area contributed by atoms with E-state index in [4.69, 9.17) is 16.3 Å². The molecule has 4 nitrogen and oxygen atoms in total. The first-order chi connectivity index (χ1) is 10.7. The van der Waals surface area contributed by atoms with Gasteiger partial charge >= 0.3 is 0 Å². The number of hydrogen-bond acceptors (Lipinski definition) is 4. The molecule has 0 unspecified atom stereocenters. The maximum Gasteiger partial charge on any atom is 0.228 e. The van der Waals surface area contributed by atoms with Crippen LogP contribution in [-0.4, -0.2) is 45.0 Å². The summed E-state index contributed by atoms with van der Waals surface area (Å²) in [5, 5.41) is 7.10. The van der Waals surface area contributed by atoms with Gasteiger partial charge in [0.25, 0.3) is 0 Å². The molecule has 2 N–H and O–H groups in total. The summed E-state index contributed by atoms with van der Waals surface area (Å²) >= 11 is 7.58. The molecule has 23 heavy (non-hydrogen) atoms. The van der Waals surface area contributed by atoms with Gasteiger partial charge in [-0.3, -0.25) is 4.79 Å². The fourth-order valence-electron chi connectivity index (χ4n) is 2.67. The van der Waals surface area contributed by atoms with Crippen molar-refractivity contribution in [2.75, 3.05) is 39.1 Å². The third kappa shape index (κ3) is 6.16. The second-order valence-electron chi connectivity index (χ2n) is 5.52. The lowest BCUT2D eigenvalue weighted by Crippen LogP contribution is -2.50. The Balaban J connectivity index is 0.00000264. The first kappa shape index (κ1) is 20.6. The van der Waals surface area contributed by atoms with Gasteiger partial charge in [-0.2, -0.15) is 0 Å². The lowest BCUT2D eigenvalue weighted by atomic mass is 9.78. The van der Waals surface area contributed by atoms with Crippen molar-refractivity contribution < 1.29 is 9.53 Å². The quantitative estimate of drug-likeness (QED) is 0.565. The molecule has 2 rings (SSSR count). The van der Waals surface area contributed by atoms with E-state index in [2.05, 4.69) is 10.6 Å². The molecule has 0 aromatic heterocycles. The first-order valence-corrected chi connectivity index (χ1v) is 8.89. The number of ether oxygens (including phenoxy) is 1. The highest BCUT2D eigenvalue weighted by Gasteiger charge is 2.39. The summed E-state index contributed by atoms with van der Waals surface area (Å²) in [7, 11) is 1.66. The summed E-state index contributed by atoms with van der Waals surface area (Å²) in [6, 6.07) is 7.75. The molecular weight excluding hydrogens is 355 g/mol. The molecule has 7 heteroatoms. The van der Waals surface area contributed by atoms with E-state index in [0.29, 0.717) is 13.2 Å². The van der Waals surface area contributed by atoms with Crippen LogP contribution in [0, 0.1) is 5.41 Å². The monoisotopic (exact) mass is 378 g/mol. The Hall–Kier alpha value is -0.460. The van der Waals surface area contributed by atoms with Gasteiger partial charge in [0.05, 0.1) is 12.0 Å². The molecule has 0 spiro atoms. The Morgan fingerprint density at radius 2 is 2.00 bits per heavy atom. The zero-order chi connectivity index (χ0) is 15.8. The molecular formula is C16H24Cl2N2O2S. The maximum absolute atomic E-state index is 12.5. The zero-order valence-electron chi connectivity index (χ0n) is 13.3. The van der Waals surface area contributed by atoms with Crippen molar-refractivity contribution >= 4 is 41.7 Å². The second kappa shape index (κ2) is 10.4. The van der Waals surface area contributed by atoms with Crippen LogP contribution in [0.1, 0.15) is 12.8 Å². The number of hydrogen-bond donors (Lipinski definition) is 2. The van der Waals surface area contributed by atoms with Crippen molar-refractivity contribution in [2.24, 2.45) is 5.41 Å². The van der Waals surface area contributed by atoms with Gasteiger partial charge in [0.1, 0.15) is 0 Å². The van der Waals surface area contributed by atoms with Crippen molar-refractivity contribution in [3.63, 3.8) is 0 Å². The molecule has 1 aliphatic rings. The van der Waals surface area contributed by atoms with Crippen LogP contribution in [0.4, 0.5) is 0 Å². The predicted octanol–water partition coefficient (Wildman–Crippen LogP) is 2.99. The fourth-order valence-corrected chi connectivity index (χ4v) is 3.56. The largest absolute Gasteiger partial charge is 0.384 e. The molecule has 1 saturated heterocycles. The molecule has 1 aliphatic heterocycles. The van der Waals surface area contributed by atoms with E-state index in [1.807, 2.05) is 24.3 Å². The van der Waals surface area contributed by atoms with Crippen LogP contribution in [-0.2, 0) is 9.53 Å². The summed E-state index contributed by atoms with van der Waals surface area (Å²) in [6.45, 7) is 2.89. The van der Waals surface area contributed by atoms with Crippen molar-refractivity contribution in [3.05, 3.63) is 29.3 Å². The topological polar surface area (TPSA) is 50.4 Å². The summed E-state index contributed by atoms with van der Waals surface area (Å²) < 4.78 is 5.29. The highest BCUT2D eigenvalue weighted by atomic mass is 35.5. The van der Waals surface area contributed by atoms with E-state index in [1.54, 1.807) is 18.9 Å². The van der Waals surface area contributed by atoms with Crippen LogP contribution in [0.3, 0.4) is 0 Å². The van der Waals surface area contributed by atoms with Crippen molar-refractivity contribution in [1.82, 2.24) is 10.6 Å². The molecule has 1 amide bonds. The Morgan fingerprint density at radius 3 is 2.61 bits per heavy atom. The van der Waals surface area contributed by atoms with Crippen LogP contribution in [0.15, 0.2) is 29.2 Å². The van der Waals surface area contributed by atoms with Crippen LogP contribution in [0.5, 0.6) is 0 Å². The van der Waals surface area contributed by atoms with Crippen molar-refractivity contribution in [2.45, 2.75) is 17.7 Å². The minimum Gasteiger partial charge on any atom is -0.384 e. The van der Waals surface area contributed by atoms with Gasteiger partial charge in [-0.25, -0.2) is 0 Å². The number of amides is 1. The van der Waals surface area contributed by atoms with Crippen molar-refractivity contribution in [3.8, 4) is 0 Å². The fraction of sp³-hybridized carbons (Fsp3) is 0.562. The zero-order valence-corrected chi connectivity index (χ0v) is 15.7. The number of carbonyl (C=O) groups is 1. The second-order valence-corrected chi connectivity index (χ2v) is 7.13. The molecule has 1 heterocycles. The number of carbonyl (C=O) groups excluding carboxylic acids is 1. The molecule has 1 fully saturated rings. The molecule has 0 atom stereocenters. The van der Waals surface area contributed by atoms with Gasteiger partial charge in [-0.1, -0.05) is 11.6 Å². The van der Waals surface area contributed by atoms with E-state index in [9.17, 15) is 4.79 Å². The van der Waals surface area contributed by atoms with Gasteiger partial charge in [-0.05, 0) is 50.2 Å². The van der Waals surface area contributed by atoms with E-state index < -0.39 is 0 Å². The van der Waals surface area contributed by atoms with E-state index in [0.717, 1.165) is 41.6 Å². The Bertz CT molecular complexity index is 474. The standard InChI is InChI=1S/C16H23ClN2O2S.ClH/c1-21-12-16(6-8-18-9-7-16)15(20)19-10-11-22-14-4-2-13(17)3-5-14;/h2-5,18H,6-12H2,1H3,(H,19,20);1H. The number of rotatable bonds is 7. The third-order valence-electron chi connectivity index (χ3n) is 3.93. The molecule has 1 aromatic rings. The maximum atomic E-state index is 12.5. The highest BCUT2D eigenvalue weighted by molar-refractivity contribution is 7.99. The van der Waals surface area contributed by atoms with Crippen LogP contribution in [0.2, 0.25) is 5.02 Å². The molecule has 130 valence electrons. The minimum atomic E-state index is -0.370. The molecule has 1 aromatic carbocycles. The molecule has 0 bridgehead atoms. The number of nitrogens with one attached hydrogen (secondary N) is 2. The number of halogens is 2. The normalized spacial score (nSPS) is 16.4. The molecule has 0 saturated carbocycles. The van der Waals surface area contributed by atoms with Gasteiger partial charge in [-0.15, -0.1) is 24.2 Å². The highest BCUT2D eigenvalue weighted by Crippen LogP contribution is 2.29. The Labute approximate surface area is 153 Å². The first-order valence-electron chi connectivity index (χ1n) is 7.53. The van der Waals surface area contributed by atoms with Gasteiger partial charge in [0, 0.05) is 29.3 Å². The van der Waals surface area contributed by atoms with Gasteiger partial charge in [0.15, 0.2) is 0 Å². The summed E-state index contributed by atoms with van der Waals surface area (Å²) in [5.74, 6) is 0.960. The van der Waals surface area contributed by atoms with E-state index in [1.165, 1.54) is 0 Å². The summed E-state index contributed by atoms with van der Waals surface area (Å²) in [5.41, 5.74) is -0.370. The van der Waals surface area contributed by atoms with Crippen molar-refractivity contribution in [1.29, 1.82) is 0 Å². The number of thioether (sulfide) groups is 1. The average Bonchev–Trinajstić information content (AvgIpc) is 2.54. The lowest BCUT2D eigenvalue weighted by molar-refractivity contribution is -0.136. The minimum absolute atomic E-state index is 0.